The highest BCUT2D eigenvalue weighted by atomic mass is 19.2. The molecule has 0 aliphatic rings. The number of esters is 1. The van der Waals surface area contributed by atoms with E-state index in [4.69, 9.17) is 5.73 Å². The number of nitrogens with two attached hydrogens (primary N) is 1. The molecule has 0 aliphatic carbocycles. The van der Waals surface area contributed by atoms with Gasteiger partial charge in [0.25, 0.3) is 11.9 Å². The number of ether oxygens (including phenoxy) is 2. The molecule has 1 aromatic heterocycles. The number of halogens is 4. The number of pyridine rings is 1. The molecule has 1 aromatic rings. The second-order valence-corrected chi connectivity index (χ2v) is 3.68. The van der Waals surface area contributed by atoms with Crippen molar-refractivity contribution in [1.82, 2.24) is 4.98 Å². The van der Waals surface area contributed by atoms with Crippen LogP contribution in [0.3, 0.4) is 0 Å². The number of carbonyl (C=O) groups is 2. The lowest BCUT2D eigenvalue weighted by Gasteiger charge is -2.17. The molecule has 1 unspecified atom stereocenters. The van der Waals surface area contributed by atoms with Crippen molar-refractivity contribution in [3.05, 3.63) is 23.5 Å². The summed E-state index contributed by atoms with van der Waals surface area (Å²) in [6, 6.07) is 0. The van der Waals surface area contributed by atoms with Crippen LogP contribution in [0, 0.1) is 23.5 Å². The Morgan fingerprint density at radius 2 is 1.71 bits per heavy atom. The molecule has 6 nitrogen and oxygen atoms in total. The molecule has 0 bridgehead atoms. The summed E-state index contributed by atoms with van der Waals surface area (Å²) in [4.78, 5) is 24.6. The van der Waals surface area contributed by atoms with E-state index in [1.165, 1.54) is 6.92 Å². The van der Waals surface area contributed by atoms with Crippen molar-refractivity contribution < 1.29 is 36.6 Å². The SMILES string of the molecule is CCOC(=O)C(CC(N)=O)Oc1c(F)c(F)nc(F)c1F. The van der Waals surface area contributed by atoms with Gasteiger partial charge in [0.1, 0.15) is 0 Å². The van der Waals surface area contributed by atoms with Gasteiger partial charge in [-0.15, -0.1) is 0 Å². The first kappa shape index (κ1) is 16.7. The first-order valence-electron chi connectivity index (χ1n) is 5.59. The normalized spacial score (nSPS) is 11.9. The van der Waals surface area contributed by atoms with E-state index in [1.54, 1.807) is 0 Å². The van der Waals surface area contributed by atoms with E-state index in [2.05, 4.69) is 14.5 Å². The van der Waals surface area contributed by atoms with Gasteiger partial charge in [0.05, 0.1) is 13.0 Å². The zero-order chi connectivity index (χ0) is 16.2. The van der Waals surface area contributed by atoms with E-state index in [0.717, 1.165) is 0 Å². The third-order valence-corrected chi connectivity index (χ3v) is 2.15. The van der Waals surface area contributed by atoms with Gasteiger partial charge in [0.15, 0.2) is 0 Å². The maximum atomic E-state index is 13.4. The monoisotopic (exact) mass is 310 g/mol. The number of primary amides is 1. The Hall–Kier alpha value is -2.39. The Kier molecular flexibility index (Phi) is 5.44. The largest absolute Gasteiger partial charge is 0.472 e. The number of nitrogens with zero attached hydrogens (tertiary/aromatic N) is 1. The molecule has 0 spiro atoms. The van der Waals surface area contributed by atoms with Gasteiger partial charge in [-0.25, -0.2) is 4.79 Å². The molecule has 0 saturated carbocycles. The highest BCUT2D eigenvalue weighted by Gasteiger charge is 2.30. The number of hydrogen-bond acceptors (Lipinski definition) is 5. The number of amides is 1. The van der Waals surface area contributed by atoms with Gasteiger partial charge in [-0.3, -0.25) is 4.79 Å². The molecule has 10 heteroatoms. The maximum Gasteiger partial charge on any atom is 0.347 e. The molecule has 21 heavy (non-hydrogen) atoms. The number of carbonyl (C=O) groups excluding carboxylic acids is 2. The van der Waals surface area contributed by atoms with Crippen molar-refractivity contribution in [2.45, 2.75) is 19.4 Å². The number of hydrogen-bond donors (Lipinski definition) is 1. The van der Waals surface area contributed by atoms with E-state index in [-0.39, 0.29) is 6.61 Å². The first-order chi connectivity index (χ1) is 9.77. The fraction of sp³-hybridized carbons (Fsp3) is 0.364. The Morgan fingerprint density at radius 3 is 2.14 bits per heavy atom. The number of aromatic nitrogens is 1. The van der Waals surface area contributed by atoms with Crippen LogP contribution in [0.15, 0.2) is 0 Å². The lowest BCUT2D eigenvalue weighted by atomic mass is 10.2. The van der Waals surface area contributed by atoms with Crippen molar-refractivity contribution >= 4 is 11.9 Å². The molecule has 1 atom stereocenters. The van der Waals surface area contributed by atoms with Crippen molar-refractivity contribution in [3.63, 3.8) is 0 Å². The second-order valence-electron chi connectivity index (χ2n) is 3.68. The van der Waals surface area contributed by atoms with Crippen LogP contribution in [0.2, 0.25) is 0 Å². The van der Waals surface area contributed by atoms with Crippen molar-refractivity contribution in [1.29, 1.82) is 0 Å². The van der Waals surface area contributed by atoms with Crippen LogP contribution in [-0.2, 0) is 14.3 Å². The smallest absolute Gasteiger partial charge is 0.347 e. The van der Waals surface area contributed by atoms with Crippen LogP contribution in [0.1, 0.15) is 13.3 Å². The molecule has 116 valence electrons. The third kappa shape index (κ3) is 4.04. The van der Waals surface area contributed by atoms with E-state index in [9.17, 15) is 27.2 Å². The van der Waals surface area contributed by atoms with Gasteiger partial charge in [-0.2, -0.15) is 22.5 Å². The van der Waals surface area contributed by atoms with Gasteiger partial charge < -0.3 is 15.2 Å². The maximum absolute atomic E-state index is 13.4. The van der Waals surface area contributed by atoms with Gasteiger partial charge in [0, 0.05) is 0 Å². The van der Waals surface area contributed by atoms with Gasteiger partial charge in [-0.05, 0) is 6.92 Å². The molecule has 0 fully saturated rings. The fourth-order valence-electron chi connectivity index (χ4n) is 1.30. The summed E-state index contributed by atoms with van der Waals surface area (Å²) < 4.78 is 61.5. The molecular formula is C11H10F4N2O4. The summed E-state index contributed by atoms with van der Waals surface area (Å²) in [5.41, 5.74) is 4.84. The summed E-state index contributed by atoms with van der Waals surface area (Å²) in [6.07, 6.45) is -2.66. The Balaban J connectivity index is 3.14. The molecule has 1 heterocycles. The first-order valence-corrected chi connectivity index (χ1v) is 5.59. The molecule has 0 aliphatic heterocycles. The summed E-state index contributed by atoms with van der Waals surface area (Å²) in [5, 5.41) is 0. The lowest BCUT2D eigenvalue weighted by molar-refractivity contribution is -0.153. The summed E-state index contributed by atoms with van der Waals surface area (Å²) in [6.45, 7) is 1.30. The van der Waals surface area contributed by atoms with Crippen LogP contribution in [0.25, 0.3) is 0 Å². The molecule has 1 rings (SSSR count). The van der Waals surface area contributed by atoms with Gasteiger partial charge in [-0.1, -0.05) is 0 Å². The quantitative estimate of drug-likeness (QED) is 0.477. The van der Waals surface area contributed by atoms with Crippen molar-refractivity contribution in [3.8, 4) is 5.75 Å². The molecule has 0 aromatic carbocycles. The van der Waals surface area contributed by atoms with Crippen molar-refractivity contribution in [2.24, 2.45) is 5.73 Å². The minimum atomic E-state index is -1.97. The summed E-state index contributed by atoms with van der Waals surface area (Å²) in [5.74, 6) is -11.6. The van der Waals surface area contributed by atoms with Gasteiger partial charge in [0.2, 0.25) is 29.4 Å². The minimum absolute atomic E-state index is 0.124. The molecule has 0 saturated heterocycles. The van der Waals surface area contributed by atoms with E-state index >= 15 is 0 Å². The van der Waals surface area contributed by atoms with E-state index in [1.807, 2.05) is 0 Å². The third-order valence-electron chi connectivity index (χ3n) is 2.15. The molecular weight excluding hydrogens is 300 g/mol. The lowest BCUT2D eigenvalue weighted by Crippen LogP contribution is -2.34. The summed E-state index contributed by atoms with van der Waals surface area (Å²) >= 11 is 0. The predicted molar refractivity (Wildman–Crippen MR) is 58.9 cm³/mol. The molecule has 0 radical (unpaired) electrons. The number of rotatable bonds is 6. The van der Waals surface area contributed by atoms with E-state index in [0.29, 0.717) is 0 Å². The molecule has 1 amide bonds. The average molecular weight is 310 g/mol. The van der Waals surface area contributed by atoms with Crippen LogP contribution < -0.4 is 10.5 Å². The average Bonchev–Trinajstić information content (AvgIpc) is 2.40. The predicted octanol–water partition coefficient (Wildman–Crippen LogP) is 0.824. The van der Waals surface area contributed by atoms with Gasteiger partial charge >= 0.3 is 5.97 Å². The summed E-state index contributed by atoms with van der Waals surface area (Å²) in [7, 11) is 0. The zero-order valence-electron chi connectivity index (χ0n) is 10.7. The van der Waals surface area contributed by atoms with Crippen molar-refractivity contribution in [2.75, 3.05) is 6.61 Å². The molecule has 2 N–H and O–H groups in total. The Bertz CT molecular complexity index is 541. The minimum Gasteiger partial charge on any atom is -0.472 e. The topological polar surface area (TPSA) is 91.5 Å². The highest BCUT2D eigenvalue weighted by Crippen LogP contribution is 2.26. The van der Waals surface area contributed by atoms with Crippen LogP contribution in [0.5, 0.6) is 5.75 Å². The van der Waals surface area contributed by atoms with Crippen LogP contribution in [-0.4, -0.2) is 29.6 Å². The Morgan fingerprint density at radius 1 is 1.19 bits per heavy atom. The standard InChI is InChI=1S/C11H10F4N2O4/c1-2-20-11(19)4(3-5(16)18)21-8-6(12)9(14)17-10(15)7(8)13/h4H,2-3H2,1H3,(H2,16,18). The Labute approximate surface area is 115 Å². The van der Waals surface area contributed by atoms with Crippen LogP contribution in [0.4, 0.5) is 17.6 Å². The second kappa shape index (κ2) is 6.86. The highest BCUT2D eigenvalue weighted by molar-refractivity contribution is 5.83. The van der Waals surface area contributed by atoms with E-state index < -0.39 is 53.7 Å². The fourth-order valence-corrected chi connectivity index (χ4v) is 1.30. The van der Waals surface area contributed by atoms with Crippen LogP contribution >= 0.6 is 0 Å². The zero-order valence-corrected chi connectivity index (χ0v) is 10.7.